The first-order valence-corrected chi connectivity index (χ1v) is 5.37. The molecule has 1 N–H and O–H groups in total. The second-order valence-electron chi connectivity index (χ2n) is 3.84. The highest BCUT2D eigenvalue weighted by atomic mass is 16.5. The number of hydrogen-bond acceptors (Lipinski definition) is 4. The Kier molecular flexibility index (Phi) is 3.23. The van der Waals surface area contributed by atoms with E-state index in [-0.39, 0.29) is 17.9 Å². The Balaban J connectivity index is 1.91. The van der Waals surface area contributed by atoms with Gasteiger partial charge in [-0.2, -0.15) is 0 Å². The molecule has 0 saturated heterocycles. The number of carbonyl (C=O) groups is 1. The van der Waals surface area contributed by atoms with Crippen molar-refractivity contribution in [3.05, 3.63) is 61.9 Å². The SMILES string of the molecule is Cc1c(NC(=O)OCc2ccccc2)c(=O)c1=O. The van der Waals surface area contributed by atoms with Gasteiger partial charge in [-0.25, -0.2) is 4.79 Å². The summed E-state index contributed by atoms with van der Waals surface area (Å²) in [6.45, 7) is 1.59. The van der Waals surface area contributed by atoms with Gasteiger partial charge < -0.3 is 4.74 Å². The van der Waals surface area contributed by atoms with E-state index in [9.17, 15) is 14.4 Å². The molecule has 2 rings (SSSR count). The van der Waals surface area contributed by atoms with Gasteiger partial charge in [0.05, 0.1) is 0 Å². The molecule has 0 spiro atoms. The van der Waals surface area contributed by atoms with E-state index in [1.807, 2.05) is 30.3 Å². The second-order valence-corrected chi connectivity index (χ2v) is 3.84. The molecular formula is C13H11NO4. The molecule has 0 fully saturated rings. The van der Waals surface area contributed by atoms with Crippen LogP contribution in [-0.4, -0.2) is 6.09 Å². The highest BCUT2D eigenvalue weighted by Gasteiger charge is 2.19. The second kappa shape index (κ2) is 4.83. The molecule has 5 heteroatoms. The smallest absolute Gasteiger partial charge is 0.412 e. The van der Waals surface area contributed by atoms with Gasteiger partial charge in [-0.3, -0.25) is 14.9 Å². The van der Waals surface area contributed by atoms with Gasteiger partial charge >= 0.3 is 6.09 Å². The van der Waals surface area contributed by atoms with E-state index >= 15 is 0 Å². The Morgan fingerprint density at radius 2 is 1.83 bits per heavy atom. The van der Waals surface area contributed by atoms with Crippen LogP contribution in [0, 0.1) is 6.92 Å². The van der Waals surface area contributed by atoms with Crippen LogP contribution in [-0.2, 0) is 11.3 Å². The van der Waals surface area contributed by atoms with E-state index in [2.05, 4.69) is 5.32 Å². The van der Waals surface area contributed by atoms with Crippen LogP contribution in [0.25, 0.3) is 0 Å². The molecule has 0 aliphatic rings. The average molecular weight is 245 g/mol. The highest BCUT2D eigenvalue weighted by molar-refractivity contribution is 5.86. The van der Waals surface area contributed by atoms with Crippen LogP contribution in [0.2, 0.25) is 0 Å². The molecule has 18 heavy (non-hydrogen) atoms. The number of benzene rings is 1. The molecule has 0 heterocycles. The Labute approximate surface area is 103 Å². The lowest BCUT2D eigenvalue weighted by Gasteiger charge is -2.09. The van der Waals surface area contributed by atoms with Gasteiger partial charge in [0.1, 0.15) is 12.3 Å². The van der Waals surface area contributed by atoms with Gasteiger partial charge in [-0.05, 0) is 12.5 Å². The Morgan fingerprint density at radius 3 is 2.44 bits per heavy atom. The van der Waals surface area contributed by atoms with Crippen molar-refractivity contribution in [2.45, 2.75) is 13.5 Å². The maximum Gasteiger partial charge on any atom is 0.412 e. The maximum absolute atomic E-state index is 11.4. The third-order valence-electron chi connectivity index (χ3n) is 2.59. The fraction of sp³-hybridized carbons (Fsp3) is 0.154. The lowest BCUT2D eigenvalue weighted by Crippen LogP contribution is -2.38. The van der Waals surface area contributed by atoms with Crippen LogP contribution in [0.1, 0.15) is 11.1 Å². The predicted molar refractivity (Wildman–Crippen MR) is 66.3 cm³/mol. The summed E-state index contributed by atoms with van der Waals surface area (Å²) in [6, 6.07) is 9.15. The summed E-state index contributed by atoms with van der Waals surface area (Å²) in [5, 5.41) is 2.26. The van der Waals surface area contributed by atoms with Gasteiger partial charge in [0, 0.05) is 5.56 Å². The number of ether oxygens (including phenoxy) is 1. The third-order valence-corrected chi connectivity index (χ3v) is 2.59. The van der Waals surface area contributed by atoms with Crippen LogP contribution in [0.4, 0.5) is 10.5 Å². The van der Waals surface area contributed by atoms with Crippen LogP contribution >= 0.6 is 0 Å². The molecule has 2 aromatic carbocycles. The zero-order chi connectivity index (χ0) is 13.1. The van der Waals surface area contributed by atoms with Crippen molar-refractivity contribution < 1.29 is 9.53 Å². The lowest BCUT2D eigenvalue weighted by atomic mass is 10.1. The molecule has 0 radical (unpaired) electrons. The summed E-state index contributed by atoms with van der Waals surface area (Å²) in [6.07, 6.45) is -0.742. The zero-order valence-corrected chi connectivity index (χ0v) is 9.73. The fourth-order valence-corrected chi connectivity index (χ4v) is 1.52. The largest absolute Gasteiger partial charge is 0.444 e. The van der Waals surface area contributed by atoms with Gasteiger partial charge in [0.25, 0.3) is 0 Å². The monoisotopic (exact) mass is 245 g/mol. The molecule has 2 aromatic rings. The number of anilines is 1. The van der Waals surface area contributed by atoms with Gasteiger partial charge in [0.2, 0.25) is 10.9 Å². The van der Waals surface area contributed by atoms with Crippen molar-refractivity contribution in [1.82, 2.24) is 0 Å². The number of nitrogens with one attached hydrogen (secondary N) is 1. The number of carbonyl (C=O) groups excluding carboxylic acids is 1. The minimum absolute atomic E-state index is 0.0260. The van der Waals surface area contributed by atoms with E-state index in [1.165, 1.54) is 6.92 Å². The Bertz CT molecular complexity index is 639. The fourth-order valence-electron chi connectivity index (χ4n) is 1.52. The topological polar surface area (TPSA) is 72.5 Å². The molecule has 0 atom stereocenters. The highest BCUT2D eigenvalue weighted by Crippen LogP contribution is 2.07. The van der Waals surface area contributed by atoms with E-state index in [0.717, 1.165) is 5.56 Å². The van der Waals surface area contributed by atoms with E-state index in [0.29, 0.717) is 0 Å². The molecular weight excluding hydrogens is 234 g/mol. The van der Waals surface area contributed by atoms with Gasteiger partial charge in [0.15, 0.2) is 0 Å². The molecule has 5 nitrogen and oxygen atoms in total. The first-order chi connectivity index (χ1) is 8.59. The third kappa shape index (κ3) is 2.29. The lowest BCUT2D eigenvalue weighted by molar-refractivity contribution is 0.155. The van der Waals surface area contributed by atoms with Crippen LogP contribution in [0.3, 0.4) is 0 Å². The number of amides is 1. The molecule has 0 aliphatic carbocycles. The molecule has 0 unspecified atom stereocenters. The summed E-state index contributed by atoms with van der Waals surface area (Å²) < 4.78 is 4.92. The summed E-state index contributed by atoms with van der Waals surface area (Å²) in [7, 11) is 0. The minimum atomic E-state index is -0.742. The van der Waals surface area contributed by atoms with Crippen molar-refractivity contribution in [3.8, 4) is 0 Å². The van der Waals surface area contributed by atoms with Crippen molar-refractivity contribution in [1.29, 1.82) is 0 Å². The normalized spacial score (nSPS) is 10.3. The first kappa shape index (κ1) is 12.0. The van der Waals surface area contributed by atoms with Crippen molar-refractivity contribution >= 4 is 11.8 Å². The molecule has 92 valence electrons. The maximum atomic E-state index is 11.4. The van der Waals surface area contributed by atoms with E-state index in [4.69, 9.17) is 4.74 Å². The quantitative estimate of drug-likeness (QED) is 0.828. The van der Waals surface area contributed by atoms with Crippen molar-refractivity contribution in [2.75, 3.05) is 5.32 Å². The van der Waals surface area contributed by atoms with Crippen LogP contribution in [0.15, 0.2) is 39.9 Å². The molecule has 1 amide bonds. The number of rotatable bonds is 3. The van der Waals surface area contributed by atoms with Crippen molar-refractivity contribution in [3.63, 3.8) is 0 Å². The van der Waals surface area contributed by atoms with Gasteiger partial charge in [-0.1, -0.05) is 30.3 Å². The summed E-state index contributed by atoms with van der Waals surface area (Å²) >= 11 is 0. The van der Waals surface area contributed by atoms with E-state index in [1.54, 1.807) is 0 Å². The van der Waals surface area contributed by atoms with Gasteiger partial charge in [-0.15, -0.1) is 0 Å². The minimum Gasteiger partial charge on any atom is -0.444 e. The molecule has 0 saturated carbocycles. The molecule has 0 aliphatic heterocycles. The molecule has 0 aromatic heterocycles. The average Bonchev–Trinajstić information content (AvgIpc) is 2.42. The first-order valence-electron chi connectivity index (χ1n) is 5.37. The zero-order valence-electron chi connectivity index (χ0n) is 9.73. The standard InChI is InChI=1S/C13H11NO4/c1-8-10(12(16)11(8)15)14-13(17)18-7-9-5-3-2-4-6-9/h2-6H,7H2,1H3,(H,14,17). The molecule has 0 bridgehead atoms. The van der Waals surface area contributed by atoms with Crippen LogP contribution < -0.4 is 16.2 Å². The predicted octanol–water partition coefficient (Wildman–Crippen LogP) is 1.34. The summed E-state index contributed by atoms with van der Waals surface area (Å²) in [5.74, 6) is 0. The van der Waals surface area contributed by atoms with E-state index < -0.39 is 17.0 Å². The van der Waals surface area contributed by atoms with Crippen molar-refractivity contribution in [2.24, 2.45) is 0 Å². The Morgan fingerprint density at radius 1 is 1.17 bits per heavy atom. The summed E-state index contributed by atoms with van der Waals surface area (Å²) in [4.78, 5) is 33.4. The van der Waals surface area contributed by atoms with Crippen LogP contribution in [0.5, 0.6) is 0 Å². The number of hydrogen-bond donors (Lipinski definition) is 1. The summed E-state index contributed by atoms with van der Waals surface area (Å²) in [5.41, 5.74) is -0.110. The Hall–Kier alpha value is -2.43.